The first-order valence-corrected chi connectivity index (χ1v) is 10.2. The van der Waals surface area contributed by atoms with Crippen LogP contribution in [0.2, 0.25) is 5.02 Å². The molecule has 8 heteroatoms. The number of amides is 1. The number of aromatic nitrogens is 3. The van der Waals surface area contributed by atoms with Gasteiger partial charge in [0.05, 0.1) is 5.69 Å². The lowest BCUT2D eigenvalue weighted by molar-refractivity contribution is -0.128. The van der Waals surface area contributed by atoms with Crippen molar-refractivity contribution in [2.45, 2.75) is 26.4 Å². The predicted octanol–water partition coefficient (Wildman–Crippen LogP) is 5.22. The monoisotopic (exact) mass is 426 g/mol. The zero-order valence-corrected chi connectivity index (χ0v) is 17.7. The molecule has 0 aliphatic carbocycles. The number of halogens is 1. The molecule has 4 rings (SSSR count). The maximum absolute atomic E-state index is 12.7. The Kier molecular flexibility index (Phi) is 5.02. The Bertz CT molecular complexity index is 1160. The standard InChI is InChI=1S/C21H19ClN4O2S/c1-13-4-6-14(7-5-13)17-12-29-20-24-19(25-26(17)20)23-18(27)21(2,3)28-16-10-8-15(22)9-11-16/h4-12H,1-3H3,(H,23,25,27). The second-order valence-electron chi connectivity index (χ2n) is 7.14. The summed E-state index contributed by atoms with van der Waals surface area (Å²) in [5.41, 5.74) is 2.03. The number of carbonyl (C=O) groups is 1. The minimum Gasteiger partial charge on any atom is -0.478 e. The van der Waals surface area contributed by atoms with Crippen molar-refractivity contribution in [3.8, 4) is 17.0 Å². The van der Waals surface area contributed by atoms with E-state index in [-0.39, 0.29) is 11.9 Å². The average molecular weight is 427 g/mol. The van der Waals surface area contributed by atoms with Crippen molar-refractivity contribution in [3.63, 3.8) is 0 Å². The Labute approximate surface area is 177 Å². The fourth-order valence-corrected chi connectivity index (χ4v) is 3.71. The number of thiazole rings is 1. The molecule has 0 spiro atoms. The largest absolute Gasteiger partial charge is 0.478 e. The quantitative estimate of drug-likeness (QED) is 0.475. The SMILES string of the molecule is Cc1ccc(-c2csc3nc(NC(=O)C(C)(C)Oc4ccc(Cl)cc4)nn23)cc1. The first-order valence-electron chi connectivity index (χ1n) is 8.99. The zero-order chi connectivity index (χ0) is 20.6. The van der Waals surface area contributed by atoms with Crippen LogP contribution in [0.25, 0.3) is 16.2 Å². The molecule has 2 aromatic carbocycles. The first kappa shape index (κ1) is 19.4. The van der Waals surface area contributed by atoms with Crippen LogP contribution in [-0.2, 0) is 4.79 Å². The van der Waals surface area contributed by atoms with Gasteiger partial charge in [-0.2, -0.15) is 4.98 Å². The van der Waals surface area contributed by atoms with Crippen LogP contribution in [0.3, 0.4) is 0 Å². The highest BCUT2D eigenvalue weighted by Crippen LogP contribution is 2.27. The van der Waals surface area contributed by atoms with E-state index in [1.54, 1.807) is 42.6 Å². The van der Waals surface area contributed by atoms with E-state index in [0.717, 1.165) is 11.3 Å². The van der Waals surface area contributed by atoms with Crippen molar-refractivity contribution in [2.75, 3.05) is 5.32 Å². The number of nitrogens with one attached hydrogen (secondary N) is 1. The molecule has 0 unspecified atom stereocenters. The molecule has 0 aliphatic heterocycles. The summed E-state index contributed by atoms with van der Waals surface area (Å²) in [7, 11) is 0. The van der Waals surface area contributed by atoms with Crippen LogP contribution in [0, 0.1) is 6.92 Å². The summed E-state index contributed by atoms with van der Waals surface area (Å²) in [6, 6.07) is 15.0. The smallest absolute Gasteiger partial charge is 0.270 e. The van der Waals surface area contributed by atoms with E-state index in [1.165, 1.54) is 16.9 Å². The number of nitrogens with zero attached hydrogens (tertiary/aromatic N) is 3. The summed E-state index contributed by atoms with van der Waals surface area (Å²) in [5, 5.41) is 9.81. The molecule has 0 saturated carbocycles. The van der Waals surface area contributed by atoms with Crippen LogP contribution in [-0.4, -0.2) is 26.1 Å². The van der Waals surface area contributed by atoms with Crippen molar-refractivity contribution in [2.24, 2.45) is 0 Å². The maximum atomic E-state index is 12.7. The predicted molar refractivity (Wildman–Crippen MR) is 116 cm³/mol. The Balaban J connectivity index is 1.53. The van der Waals surface area contributed by atoms with E-state index >= 15 is 0 Å². The number of fused-ring (bicyclic) bond motifs is 1. The number of ether oxygens (including phenoxy) is 1. The summed E-state index contributed by atoms with van der Waals surface area (Å²) >= 11 is 7.36. The summed E-state index contributed by atoms with van der Waals surface area (Å²) in [4.78, 5) is 17.9. The van der Waals surface area contributed by atoms with E-state index < -0.39 is 5.60 Å². The summed E-state index contributed by atoms with van der Waals surface area (Å²) in [6.45, 7) is 5.42. The molecule has 29 heavy (non-hydrogen) atoms. The fraction of sp³-hybridized carbons (Fsp3) is 0.190. The highest BCUT2D eigenvalue weighted by molar-refractivity contribution is 7.15. The van der Waals surface area contributed by atoms with Crippen molar-refractivity contribution in [3.05, 3.63) is 64.5 Å². The third-order valence-corrected chi connectivity index (χ3v) is 5.46. The molecule has 0 atom stereocenters. The van der Waals surface area contributed by atoms with Crippen LogP contribution in [0.15, 0.2) is 53.9 Å². The van der Waals surface area contributed by atoms with Gasteiger partial charge in [-0.25, -0.2) is 4.52 Å². The van der Waals surface area contributed by atoms with Gasteiger partial charge in [0.2, 0.25) is 4.96 Å². The fourth-order valence-electron chi connectivity index (χ4n) is 2.75. The molecule has 2 heterocycles. The molecule has 0 saturated heterocycles. The van der Waals surface area contributed by atoms with Gasteiger partial charge in [0.25, 0.3) is 11.9 Å². The van der Waals surface area contributed by atoms with Gasteiger partial charge >= 0.3 is 0 Å². The number of aryl methyl sites for hydroxylation is 1. The van der Waals surface area contributed by atoms with Crippen LogP contribution < -0.4 is 10.1 Å². The third kappa shape index (κ3) is 4.11. The van der Waals surface area contributed by atoms with Crippen LogP contribution in [0.5, 0.6) is 5.75 Å². The minimum absolute atomic E-state index is 0.239. The second kappa shape index (κ2) is 7.50. The molecule has 6 nitrogen and oxygen atoms in total. The molecule has 0 radical (unpaired) electrons. The zero-order valence-electron chi connectivity index (χ0n) is 16.1. The topological polar surface area (TPSA) is 68.5 Å². The third-order valence-electron chi connectivity index (χ3n) is 4.39. The maximum Gasteiger partial charge on any atom is 0.270 e. The second-order valence-corrected chi connectivity index (χ2v) is 8.41. The van der Waals surface area contributed by atoms with Crippen molar-refractivity contribution in [1.82, 2.24) is 14.6 Å². The van der Waals surface area contributed by atoms with E-state index in [9.17, 15) is 4.79 Å². The highest BCUT2D eigenvalue weighted by Gasteiger charge is 2.31. The van der Waals surface area contributed by atoms with Gasteiger partial charge in [-0.15, -0.1) is 16.4 Å². The summed E-state index contributed by atoms with van der Waals surface area (Å²) in [6.07, 6.45) is 0. The molecule has 2 aromatic heterocycles. The van der Waals surface area contributed by atoms with Gasteiger partial charge < -0.3 is 4.74 Å². The first-order chi connectivity index (χ1) is 13.8. The number of benzene rings is 2. The average Bonchev–Trinajstić information content (AvgIpc) is 3.24. The Hall–Kier alpha value is -2.90. The Morgan fingerprint density at radius 2 is 1.83 bits per heavy atom. The number of hydrogen-bond acceptors (Lipinski definition) is 5. The van der Waals surface area contributed by atoms with Gasteiger partial charge in [0.15, 0.2) is 5.60 Å². The molecule has 1 amide bonds. The minimum atomic E-state index is -1.12. The van der Waals surface area contributed by atoms with Gasteiger partial charge in [0, 0.05) is 16.0 Å². The van der Waals surface area contributed by atoms with Crippen molar-refractivity contribution >= 4 is 39.8 Å². The molecular weight excluding hydrogens is 408 g/mol. The number of rotatable bonds is 5. The van der Waals surface area contributed by atoms with E-state index in [4.69, 9.17) is 16.3 Å². The molecule has 0 fully saturated rings. The number of hydrogen-bond donors (Lipinski definition) is 1. The summed E-state index contributed by atoms with van der Waals surface area (Å²) in [5.74, 6) is 0.445. The van der Waals surface area contributed by atoms with Gasteiger partial charge in [-0.3, -0.25) is 10.1 Å². The molecule has 0 bridgehead atoms. The molecule has 148 valence electrons. The normalized spacial score (nSPS) is 11.6. The Morgan fingerprint density at radius 1 is 1.14 bits per heavy atom. The van der Waals surface area contributed by atoms with Crippen LogP contribution in [0.4, 0.5) is 5.95 Å². The van der Waals surface area contributed by atoms with Crippen LogP contribution >= 0.6 is 22.9 Å². The van der Waals surface area contributed by atoms with Crippen molar-refractivity contribution in [1.29, 1.82) is 0 Å². The number of carbonyl (C=O) groups excluding carboxylic acids is 1. The van der Waals surface area contributed by atoms with Gasteiger partial charge in [-0.1, -0.05) is 41.4 Å². The van der Waals surface area contributed by atoms with E-state index in [2.05, 4.69) is 27.5 Å². The van der Waals surface area contributed by atoms with Crippen molar-refractivity contribution < 1.29 is 9.53 Å². The molecule has 1 N–H and O–H groups in total. The molecule has 4 aromatic rings. The lowest BCUT2D eigenvalue weighted by Gasteiger charge is -2.24. The molecular formula is C21H19ClN4O2S. The van der Waals surface area contributed by atoms with Gasteiger partial charge in [0.1, 0.15) is 5.75 Å². The highest BCUT2D eigenvalue weighted by atomic mass is 35.5. The molecule has 0 aliphatic rings. The van der Waals surface area contributed by atoms with E-state index in [0.29, 0.717) is 15.7 Å². The van der Waals surface area contributed by atoms with Crippen LogP contribution in [0.1, 0.15) is 19.4 Å². The van der Waals surface area contributed by atoms with Gasteiger partial charge in [-0.05, 0) is 45.0 Å². The summed E-state index contributed by atoms with van der Waals surface area (Å²) < 4.78 is 7.55. The number of anilines is 1. The lowest BCUT2D eigenvalue weighted by Crippen LogP contribution is -2.42. The Morgan fingerprint density at radius 3 is 2.52 bits per heavy atom. The lowest BCUT2D eigenvalue weighted by atomic mass is 10.1. The van der Waals surface area contributed by atoms with E-state index in [1.807, 2.05) is 24.4 Å².